The molecule has 0 bridgehead atoms. The molecule has 0 spiro atoms. The summed E-state index contributed by atoms with van der Waals surface area (Å²) >= 11 is 0. The lowest BCUT2D eigenvalue weighted by Crippen LogP contribution is -1.78. The van der Waals surface area contributed by atoms with Gasteiger partial charge in [-0.2, -0.15) is 0 Å². The van der Waals surface area contributed by atoms with Crippen LogP contribution in [0.4, 0.5) is 0 Å². The topological polar surface area (TPSA) is 28.7 Å². The van der Waals surface area contributed by atoms with E-state index in [0.29, 0.717) is 0 Å². The highest BCUT2D eigenvalue weighted by Gasteiger charge is 1.95. The Kier molecular flexibility index (Phi) is 1.39. The molecule has 2 nitrogen and oxygen atoms in total. The highest BCUT2D eigenvalue weighted by atomic mass is 14.9. The number of hydrogen-bond donors (Lipinski definition) is 1. The van der Waals surface area contributed by atoms with Gasteiger partial charge < -0.3 is 4.98 Å². The summed E-state index contributed by atoms with van der Waals surface area (Å²) in [5.74, 6) is 0. The molecule has 1 N–H and O–H groups in total. The van der Waals surface area contributed by atoms with E-state index >= 15 is 0 Å². The van der Waals surface area contributed by atoms with Crippen molar-refractivity contribution in [3.8, 4) is 0 Å². The van der Waals surface area contributed by atoms with Crippen molar-refractivity contribution in [2.24, 2.45) is 0 Å². The van der Waals surface area contributed by atoms with Crippen molar-refractivity contribution in [3.05, 3.63) is 37.0 Å². The van der Waals surface area contributed by atoms with Gasteiger partial charge in [0.1, 0.15) is 0 Å². The van der Waals surface area contributed by atoms with Crippen LogP contribution in [0.25, 0.3) is 11.0 Å². The summed E-state index contributed by atoms with van der Waals surface area (Å²) in [5, 5.41) is 0. The summed E-state index contributed by atoms with van der Waals surface area (Å²) in [4.78, 5) is 7.18. The Morgan fingerprint density at radius 2 is 2.36 bits per heavy atom. The summed E-state index contributed by atoms with van der Waals surface area (Å²) in [6.45, 7) is 3.81. The minimum Gasteiger partial charge on any atom is -0.345 e. The Bertz CT molecular complexity index is 362. The van der Waals surface area contributed by atoms with Crippen molar-refractivity contribution in [3.63, 3.8) is 0 Å². The van der Waals surface area contributed by atoms with Crippen molar-refractivity contribution in [1.82, 2.24) is 9.97 Å². The fourth-order valence-electron chi connectivity index (χ4n) is 1.13. The Balaban J connectivity index is 2.67. The second-order valence-corrected chi connectivity index (χ2v) is 2.50. The first-order valence-corrected chi connectivity index (χ1v) is 3.61. The fraction of sp³-hybridized carbons (Fsp3) is 0.111. The number of hydrogen-bond acceptors (Lipinski definition) is 1. The average Bonchev–Trinajstić information content (AvgIpc) is 2.50. The first-order chi connectivity index (χ1) is 5.40. The van der Waals surface area contributed by atoms with E-state index in [2.05, 4.69) is 29.0 Å². The molecule has 2 heteroatoms. The molecular formula is C9H9N2. The van der Waals surface area contributed by atoms with Gasteiger partial charge in [-0.3, -0.25) is 0 Å². The molecule has 1 aromatic carbocycles. The highest BCUT2D eigenvalue weighted by Crippen LogP contribution is 2.11. The molecular weight excluding hydrogens is 136 g/mol. The molecule has 0 amide bonds. The molecule has 2 rings (SSSR count). The van der Waals surface area contributed by atoms with Crippen LogP contribution in [0.1, 0.15) is 5.56 Å². The van der Waals surface area contributed by atoms with Crippen LogP contribution in [0.5, 0.6) is 0 Å². The maximum atomic E-state index is 4.14. The number of benzene rings is 1. The zero-order chi connectivity index (χ0) is 7.68. The smallest absolute Gasteiger partial charge is 0.0931 e. The lowest BCUT2D eigenvalue weighted by molar-refractivity contribution is 1.28. The monoisotopic (exact) mass is 145 g/mol. The zero-order valence-corrected chi connectivity index (χ0v) is 6.17. The van der Waals surface area contributed by atoms with Crippen LogP contribution >= 0.6 is 0 Å². The standard InChI is InChI=1S/C9H9N2/c1-2-7-3-4-8-9(5-7)11-6-10-8/h3-6H,1-2H2,(H,10,11). The summed E-state index contributed by atoms with van der Waals surface area (Å²) in [6, 6.07) is 6.15. The van der Waals surface area contributed by atoms with E-state index in [1.54, 1.807) is 6.33 Å². The van der Waals surface area contributed by atoms with Crippen molar-refractivity contribution in [1.29, 1.82) is 0 Å². The molecule has 0 saturated carbocycles. The number of aromatic nitrogens is 2. The number of aromatic amines is 1. The second kappa shape index (κ2) is 2.38. The predicted octanol–water partition coefficient (Wildman–Crippen LogP) is 1.94. The molecule has 2 aromatic rings. The van der Waals surface area contributed by atoms with Crippen LogP contribution in [0.15, 0.2) is 24.5 Å². The Morgan fingerprint density at radius 3 is 3.18 bits per heavy atom. The number of nitrogens with one attached hydrogen (secondary N) is 1. The maximum Gasteiger partial charge on any atom is 0.0931 e. The lowest BCUT2D eigenvalue weighted by atomic mass is 10.1. The van der Waals surface area contributed by atoms with Gasteiger partial charge in [0.25, 0.3) is 0 Å². The molecule has 55 valence electrons. The van der Waals surface area contributed by atoms with Crippen molar-refractivity contribution >= 4 is 11.0 Å². The molecule has 0 aliphatic heterocycles. The Labute approximate surface area is 65.3 Å². The molecule has 0 aliphatic rings. The fourth-order valence-corrected chi connectivity index (χ4v) is 1.13. The van der Waals surface area contributed by atoms with Gasteiger partial charge in [-0.1, -0.05) is 6.07 Å². The van der Waals surface area contributed by atoms with E-state index < -0.39 is 0 Å². The molecule has 0 unspecified atom stereocenters. The quantitative estimate of drug-likeness (QED) is 0.652. The lowest BCUT2D eigenvalue weighted by Gasteiger charge is -1.93. The van der Waals surface area contributed by atoms with Gasteiger partial charge in [-0.05, 0) is 31.0 Å². The van der Waals surface area contributed by atoms with Crippen LogP contribution in [0.3, 0.4) is 0 Å². The number of nitrogens with zero attached hydrogens (tertiary/aromatic N) is 1. The minimum atomic E-state index is 0.822. The number of H-pyrrole nitrogens is 1. The maximum absolute atomic E-state index is 4.14. The van der Waals surface area contributed by atoms with E-state index in [0.717, 1.165) is 17.5 Å². The summed E-state index contributed by atoms with van der Waals surface area (Å²) in [6.07, 6.45) is 2.53. The zero-order valence-electron chi connectivity index (χ0n) is 6.17. The molecule has 0 atom stereocenters. The molecule has 1 radical (unpaired) electrons. The number of imidazole rings is 1. The molecule has 0 aliphatic carbocycles. The molecule has 11 heavy (non-hydrogen) atoms. The largest absolute Gasteiger partial charge is 0.345 e. The highest BCUT2D eigenvalue weighted by molar-refractivity contribution is 5.75. The van der Waals surface area contributed by atoms with Crippen molar-refractivity contribution in [2.45, 2.75) is 6.42 Å². The number of rotatable bonds is 1. The summed E-state index contributed by atoms with van der Waals surface area (Å²) in [7, 11) is 0. The van der Waals surface area contributed by atoms with Crippen molar-refractivity contribution < 1.29 is 0 Å². The van der Waals surface area contributed by atoms with Crippen LogP contribution in [-0.4, -0.2) is 9.97 Å². The van der Waals surface area contributed by atoms with Gasteiger partial charge in [0.15, 0.2) is 0 Å². The van der Waals surface area contributed by atoms with Gasteiger partial charge in [-0.15, -0.1) is 0 Å². The van der Waals surface area contributed by atoms with E-state index in [-0.39, 0.29) is 0 Å². The van der Waals surface area contributed by atoms with Crippen molar-refractivity contribution in [2.75, 3.05) is 0 Å². The van der Waals surface area contributed by atoms with E-state index in [1.165, 1.54) is 5.56 Å². The average molecular weight is 145 g/mol. The van der Waals surface area contributed by atoms with Gasteiger partial charge in [0.05, 0.1) is 17.4 Å². The molecule has 0 saturated heterocycles. The molecule has 1 aromatic heterocycles. The van der Waals surface area contributed by atoms with E-state index in [9.17, 15) is 0 Å². The molecule has 0 fully saturated rings. The summed E-state index contributed by atoms with van der Waals surface area (Å²) in [5.41, 5.74) is 3.33. The third kappa shape index (κ3) is 1.00. The normalized spacial score (nSPS) is 10.6. The first-order valence-electron chi connectivity index (χ1n) is 3.61. The predicted molar refractivity (Wildman–Crippen MR) is 45.2 cm³/mol. The first kappa shape index (κ1) is 6.40. The van der Waals surface area contributed by atoms with Gasteiger partial charge in [-0.25, -0.2) is 4.98 Å². The SMILES string of the molecule is [CH2]Cc1ccc2[nH]cnc2c1. The van der Waals surface area contributed by atoms with Gasteiger partial charge in [0.2, 0.25) is 0 Å². The Morgan fingerprint density at radius 1 is 1.45 bits per heavy atom. The van der Waals surface area contributed by atoms with E-state index in [4.69, 9.17) is 0 Å². The van der Waals surface area contributed by atoms with Crippen LogP contribution in [0, 0.1) is 6.92 Å². The second-order valence-electron chi connectivity index (χ2n) is 2.50. The summed E-state index contributed by atoms with van der Waals surface area (Å²) < 4.78 is 0. The van der Waals surface area contributed by atoms with Crippen LogP contribution in [-0.2, 0) is 6.42 Å². The minimum absolute atomic E-state index is 0.822. The third-order valence-electron chi connectivity index (χ3n) is 1.77. The third-order valence-corrected chi connectivity index (χ3v) is 1.77. The van der Waals surface area contributed by atoms with Crippen LogP contribution in [0.2, 0.25) is 0 Å². The Hall–Kier alpha value is -1.31. The van der Waals surface area contributed by atoms with Crippen LogP contribution < -0.4 is 0 Å². The van der Waals surface area contributed by atoms with E-state index in [1.807, 2.05) is 6.07 Å². The van der Waals surface area contributed by atoms with Gasteiger partial charge >= 0.3 is 0 Å². The van der Waals surface area contributed by atoms with Gasteiger partial charge in [0, 0.05) is 0 Å². The molecule has 1 heterocycles. The number of fused-ring (bicyclic) bond motifs is 1.